The van der Waals surface area contributed by atoms with Crippen molar-refractivity contribution in [3.05, 3.63) is 36.4 Å². The van der Waals surface area contributed by atoms with Gasteiger partial charge in [-0.05, 0) is 48.9 Å². The maximum Gasteiger partial charge on any atom is 0.196 e. The Hall–Kier alpha value is -1.74. The van der Waals surface area contributed by atoms with Crippen LogP contribution in [-0.4, -0.2) is 20.0 Å². The molecule has 0 aliphatic carbocycles. The average Bonchev–Trinajstić information content (AvgIpc) is 2.38. The number of fused-ring (bicyclic) bond motifs is 1. The van der Waals surface area contributed by atoms with Gasteiger partial charge in [0.05, 0.1) is 7.11 Å². The Morgan fingerprint density at radius 3 is 2.22 bits per heavy atom. The van der Waals surface area contributed by atoms with Gasteiger partial charge in [0.1, 0.15) is 11.5 Å². The summed E-state index contributed by atoms with van der Waals surface area (Å²) in [5.41, 5.74) is 0. The number of rotatable bonds is 5. The van der Waals surface area contributed by atoms with Crippen molar-refractivity contribution < 1.29 is 14.2 Å². The Labute approximate surface area is 107 Å². The molecule has 0 N–H and O–H groups in total. The lowest BCUT2D eigenvalue weighted by Crippen LogP contribution is -2.15. The Bertz CT molecular complexity index is 522. The third kappa shape index (κ3) is 2.93. The highest BCUT2D eigenvalue weighted by Gasteiger charge is 2.04. The summed E-state index contributed by atoms with van der Waals surface area (Å²) in [6, 6.07) is 11.9. The van der Waals surface area contributed by atoms with Crippen molar-refractivity contribution in [1.82, 2.24) is 0 Å². The zero-order valence-corrected chi connectivity index (χ0v) is 11.0. The summed E-state index contributed by atoms with van der Waals surface area (Å²) < 4.78 is 16.2. The number of hydrogen-bond donors (Lipinski definition) is 0. The first-order valence-electron chi connectivity index (χ1n) is 6.09. The maximum atomic E-state index is 5.67. The predicted octanol–water partition coefficient (Wildman–Crippen LogP) is 3.61. The van der Waals surface area contributed by atoms with E-state index >= 15 is 0 Å². The molecule has 1 unspecified atom stereocenters. The Kier molecular flexibility index (Phi) is 4.05. The minimum absolute atomic E-state index is 0.231. The van der Waals surface area contributed by atoms with E-state index in [2.05, 4.69) is 0 Å². The van der Waals surface area contributed by atoms with Crippen molar-refractivity contribution >= 4 is 10.8 Å². The van der Waals surface area contributed by atoms with Gasteiger partial charge in [0.2, 0.25) is 0 Å². The minimum Gasteiger partial charge on any atom is -0.497 e. The van der Waals surface area contributed by atoms with Crippen LogP contribution in [0.4, 0.5) is 0 Å². The topological polar surface area (TPSA) is 27.7 Å². The van der Waals surface area contributed by atoms with Crippen molar-refractivity contribution in [3.63, 3.8) is 0 Å². The molecule has 0 fully saturated rings. The Morgan fingerprint density at radius 1 is 1.00 bits per heavy atom. The normalized spacial score (nSPS) is 12.4. The van der Waals surface area contributed by atoms with Gasteiger partial charge in [-0.2, -0.15) is 0 Å². The third-order valence-corrected chi connectivity index (χ3v) is 2.72. The maximum absolute atomic E-state index is 5.67. The molecule has 18 heavy (non-hydrogen) atoms. The molecule has 0 radical (unpaired) electrons. The van der Waals surface area contributed by atoms with Gasteiger partial charge in [0.25, 0.3) is 0 Å². The fourth-order valence-corrected chi connectivity index (χ4v) is 1.86. The van der Waals surface area contributed by atoms with Crippen LogP contribution in [0, 0.1) is 0 Å². The zero-order chi connectivity index (χ0) is 13.0. The Morgan fingerprint density at radius 2 is 1.61 bits per heavy atom. The molecule has 0 bridgehead atoms. The lowest BCUT2D eigenvalue weighted by Gasteiger charge is -2.14. The van der Waals surface area contributed by atoms with Gasteiger partial charge in [-0.1, -0.05) is 12.1 Å². The van der Waals surface area contributed by atoms with E-state index in [1.165, 1.54) is 0 Å². The predicted molar refractivity (Wildman–Crippen MR) is 72.2 cm³/mol. The van der Waals surface area contributed by atoms with Crippen LogP contribution in [0.3, 0.4) is 0 Å². The fraction of sp³-hybridized carbons (Fsp3) is 0.333. The van der Waals surface area contributed by atoms with E-state index in [1.54, 1.807) is 7.11 Å². The summed E-state index contributed by atoms with van der Waals surface area (Å²) in [5.74, 6) is 1.67. The zero-order valence-electron chi connectivity index (χ0n) is 11.0. The largest absolute Gasteiger partial charge is 0.497 e. The van der Waals surface area contributed by atoms with E-state index < -0.39 is 0 Å². The first kappa shape index (κ1) is 12.7. The molecule has 0 aromatic heterocycles. The van der Waals surface area contributed by atoms with E-state index in [-0.39, 0.29) is 6.29 Å². The van der Waals surface area contributed by atoms with E-state index in [0.717, 1.165) is 22.3 Å². The second-order valence-electron chi connectivity index (χ2n) is 4.02. The molecule has 0 aliphatic rings. The minimum atomic E-state index is -0.231. The van der Waals surface area contributed by atoms with Gasteiger partial charge >= 0.3 is 0 Å². The second kappa shape index (κ2) is 5.74. The SMILES string of the molecule is CCOC(C)Oc1ccc2cc(OC)ccc2c1. The molecule has 0 saturated heterocycles. The summed E-state index contributed by atoms with van der Waals surface area (Å²) in [4.78, 5) is 0. The van der Waals surface area contributed by atoms with Gasteiger partial charge < -0.3 is 14.2 Å². The molecule has 0 spiro atoms. The molecule has 0 saturated carbocycles. The highest BCUT2D eigenvalue weighted by molar-refractivity contribution is 5.85. The number of ether oxygens (including phenoxy) is 3. The van der Waals surface area contributed by atoms with Gasteiger partial charge in [-0.15, -0.1) is 0 Å². The lowest BCUT2D eigenvalue weighted by molar-refractivity contribution is -0.0612. The van der Waals surface area contributed by atoms with Crippen molar-refractivity contribution in [2.75, 3.05) is 13.7 Å². The smallest absolute Gasteiger partial charge is 0.196 e. The highest BCUT2D eigenvalue weighted by Crippen LogP contribution is 2.25. The molecule has 1 atom stereocenters. The molecular formula is C15H18O3. The van der Waals surface area contributed by atoms with Crippen LogP contribution in [0.25, 0.3) is 10.8 Å². The van der Waals surface area contributed by atoms with Crippen LogP contribution >= 0.6 is 0 Å². The fourth-order valence-electron chi connectivity index (χ4n) is 1.86. The van der Waals surface area contributed by atoms with Gasteiger partial charge in [0.15, 0.2) is 6.29 Å². The molecule has 2 rings (SSSR count). The van der Waals surface area contributed by atoms with Gasteiger partial charge in [-0.25, -0.2) is 0 Å². The van der Waals surface area contributed by atoms with Crippen LogP contribution in [0.2, 0.25) is 0 Å². The summed E-state index contributed by atoms with van der Waals surface area (Å²) in [5, 5.41) is 2.25. The molecule has 96 valence electrons. The molecule has 2 aromatic rings. The van der Waals surface area contributed by atoms with Gasteiger partial charge in [-0.3, -0.25) is 0 Å². The first-order chi connectivity index (χ1) is 8.72. The summed E-state index contributed by atoms with van der Waals surface area (Å²) >= 11 is 0. The standard InChI is InChI=1S/C15H18O3/c1-4-17-11(2)18-15-8-6-12-9-14(16-3)7-5-13(12)10-15/h5-11H,4H2,1-3H3. The number of benzene rings is 2. The van der Waals surface area contributed by atoms with Crippen molar-refractivity contribution in [2.24, 2.45) is 0 Å². The third-order valence-electron chi connectivity index (χ3n) is 2.72. The number of methoxy groups -OCH3 is 1. The van der Waals surface area contributed by atoms with Crippen LogP contribution in [-0.2, 0) is 4.74 Å². The summed E-state index contributed by atoms with van der Waals surface area (Å²) in [7, 11) is 1.67. The lowest BCUT2D eigenvalue weighted by atomic mass is 10.1. The summed E-state index contributed by atoms with van der Waals surface area (Å²) in [6.45, 7) is 4.49. The molecule has 0 aliphatic heterocycles. The molecule has 0 heterocycles. The Balaban J connectivity index is 2.22. The van der Waals surface area contributed by atoms with Crippen LogP contribution in [0.15, 0.2) is 36.4 Å². The van der Waals surface area contributed by atoms with Crippen LogP contribution in [0.5, 0.6) is 11.5 Å². The molecule has 2 aromatic carbocycles. The molecule has 3 heteroatoms. The van der Waals surface area contributed by atoms with E-state index in [1.807, 2.05) is 50.2 Å². The van der Waals surface area contributed by atoms with E-state index in [4.69, 9.17) is 14.2 Å². The molecule has 3 nitrogen and oxygen atoms in total. The first-order valence-corrected chi connectivity index (χ1v) is 6.09. The quantitative estimate of drug-likeness (QED) is 0.754. The van der Waals surface area contributed by atoms with Crippen molar-refractivity contribution in [2.45, 2.75) is 20.1 Å². The van der Waals surface area contributed by atoms with Crippen LogP contribution in [0.1, 0.15) is 13.8 Å². The highest BCUT2D eigenvalue weighted by atomic mass is 16.7. The second-order valence-corrected chi connectivity index (χ2v) is 4.02. The van der Waals surface area contributed by atoms with E-state index in [9.17, 15) is 0 Å². The van der Waals surface area contributed by atoms with E-state index in [0.29, 0.717) is 6.61 Å². The number of hydrogen-bond acceptors (Lipinski definition) is 3. The van der Waals surface area contributed by atoms with Gasteiger partial charge in [0, 0.05) is 6.61 Å². The molecular weight excluding hydrogens is 228 g/mol. The van der Waals surface area contributed by atoms with Crippen molar-refractivity contribution in [3.8, 4) is 11.5 Å². The molecule has 0 amide bonds. The summed E-state index contributed by atoms with van der Waals surface area (Å²) in [6.07, 6.45) is -0.231. The van der Waals surface area contributed by atoms with Crippen molar-refractivity contribution in [1.29, 1.82) is 0 Å². The van der Waals surface area contributed by atoms with Crippen LogP contribution < -0.4 is 9.47 Å². The monoisotopic (exact) mass is 246 g/mol. The average molecular weight is 246 g/mol.